The third-order valence-electron chi connectivity index (χ3n) is 4.33. The molecule has 0 saturated carbocycles. The standard InChI is InChI=1S/C23H20Cl2F3NO2/c24-20-13-19(31-15-16-5-2-1-3-6-16)14-21(25)22(20)30-12-4-11-29-18-9-7-17(8-10-18)23(26,27)28/h1-3,5-10,13-14,29H,4,11-12,15H2. The number of halogens is 5. The summed E-state index contributed by atoms with van der Waals surface area (Å²) in [4.78, 5) is 0. The maximum absolute atomic E-state index is 12.6. The van der Waals surface area contributed by atoms with Gasteiger partial charge < -0.3 is 14.8 Å². The topological polar surface area (TPSA) is 30.5 Å². The lowest BCUT2D eigenvalue weighted by atomic mass is 10.2. The van der Waals surface area contributed by atoms with E-state index in [4.69, 9.17) is 32.7 Å². The predicted octanol–water partition coefficient (Wildman–Crippen LogP) is 7.47. The monoisotopic (exact) mass is 469 g/mol. The Morgan fingerprint density at radius 1 is 0.839 bits per heavy atom. The number of hydrogen-bond donors (Lipinski definition) is 1. The highest BCUT2D eigenvalue weighted by atomic mass is 35.5. The average molecular weight is 470 g/mol. The van der Waals surface area contributed by atoms with Crippen LogP contribution in [0.15, 0.2) is 66.7 Å². The minimum absolute atomic E-state index is 0.331. The molecule has 0 aliphatic heterocycles. The number of anilines is 1. The van der Waals surface area contributed by atoms with Gasteiger partial charge in [0, 0.05) is 24.4 Å². The molecule has 3 nitrogen and oxygen atoms in total. The van der Waals surface area contributed by atoms with E-state index in [0.29, 0.717) is 53.4 Å². The van der Waals surface area contributed by atoms with Gasteiger partial charge in [-0.25, -0.2) is 0 Å². The van der Waals surface area contributed by atoms with E-state index < -0.39 is 11.7 Å². The van der Waals surface area contributed by atoms with Gasteiger partial charge in [-0.3, -0.25) is 0 Å². The van der Waals surface area contributed by atoms with Crippen molar-refractivity contribution in [2.45, 2.75) is 19.2 Å². The molecule has 0 radical (unpaired) electrons. The van der Waals surface area contributed by atoms with Gasteiger partial charge >= 0.3 is 6.18 Å². The third kappa shape index (κ3) is 6.97. The van der Waals surface area contributed by atoms with Crippen molar-refractivity contribution in [2.24, 2.45) is 0 Å². The van der Waals surface area contributed by atoms with Crippen LogP contribution < -0.4 is 14.8 Å². The molecule has 31 heavy (non-hydrogen) atoms. The van der Waals surface area contributed by atoms with Crippen molar-refractivity contribution in [3.63, 3.8) is 0 Å². The number of nitrogens with one attached hydrogen (secondary N) is 1. The van der Waals surface area contributed by atoms with Crippen LogP contribution in [-0.4, -0.2) is 13.2 Å². The van der Waals surface area contributed by atoms with E-state index in [0.717, 1.165) is 17.7 Å². The van der Waals surface area contributed by atoms with Crippen molar-refractivity contribution in [1.29, 1.82) is 0 Å². The fourth-order valence-electron chi connectivity index (χ4n) is 2.75. The first kappa shape index (κ1) is 23.1. The molecule has 3 aromatic carbocycles. The second-order valence-electron chi connectivity index (χ2n) is 6.69. The number of alkyl halides is 3. The van der Waals surface area contributed by atoms with E-state index in [1.165, 1.54) is 12.1 Å². The van der Waals surface area contributed by atoms with Crippen molar-refractivity contribution in [1.82, 2.24) is 0 Å². The Bertz CT molecular complexity index is 957. The minimum atomic E-state index is -4.34. The van der Waals surface area contributed by atoms with Crippen LogP contribution >= 0.6 is 23.2 Å². The smallest absolute Gasteiger partial charge is 0.416 e. The van der Waals surface area contributed by atoms with Crippen molar-refractivity contribution in [3.05, 3.63) is 87.9 Å². The zero-order chi connectivity index (χ0) is 22.3. The van der Waals surface area contributed by atoms with Gasteiger partial charge in [0.1, 0.15) is 12.4 Å². The lowest BCUT2D eigenvalue weighted by molar-refractivity contribution is -0.137. The van der Waals surface area contributed by atoms with E-state index in [1.807, 2.05) is 30.3 Å². The Hall–Kier alpha value is -2.57. The summed E-state index contributed by atoms with van der Waals surface area (Å²) in [7, 11) is 0. The summed E-state index contributed by atoms with van der Waals surface area (Å²) in [6.45, 7) is 1.24. The highest BCUT2D eigenvalue weighted by Gasteiger charge is 2.29. The molecule has 0 amide bonds. The minimum Gasteiger partial charge on any atom is -0.490 e. The van der Waals surface area contributed by atoms with Crippen LogP contribution in [0.4, 0.5) is 18.9 Å². The van der Waals surface area contributed by atoms with Crippen LogP contribution in [0.1, 0.15) is 17.5 Å². The quantitative estimate of drug-likeness (QED) is 0.329. The average Bonchev–Trinajstić information content (AvgIpc) is 2.74. The molecule has 0 atom stereocenters. The van der Waals surface area contributed by atoms with E-state index in [1.54, 1.807) is 12.1 Å². The van der Waals surface area contributed by atoms with Crippen LogP contribution in [-0.2, 0) is 12.8 Å². The summed E-state index contributed by atoms with van der Waals surface area (Å²) >= 11 is 12.6. The second-order valence-corrected chi connectivity index (χ2v) is 7.51. The Morgan fingerprint density at radius 3 is 2.10 bits per heavy atom. The van der Waals surface area contributed by atoms with Crippen molar-refractivity contribution in [3.8, 4) is 11.5 Å². The molecule has 1 N–H and O–H groups in total. The molecule has 0 unspecified atom stereocenters. The molecule has 0 fully saturated rings. The molecule has 0 spiro atoms. The number of rotatable bonds is 9. The Balaban J connectivity index is 1.45. The van der Waals surface area contributed by atoms with Crippen LogP contribution in [0, 0.1) is 0 Å². The van der Waals surface area contributed by atoms with E-state index >= 15 is 0 Å². The zero-order valence-corrected chi connectivity index (χ0v) is 17.9. The summed E-state index contributed by atoms with van der Waals surface area (Å²) in [6, 6.07) is 17.9. The first-order valence-corrected chi connectivity index (χ1v) is 10.3. The molecule has 0 aliphatic rings. The SMILES string of the molecule is FC(F)(F)c1ccc(NCCCOc2c(Cl)cc(OCc3ccccc3)cc2Cl)cc1. The van der Waals surface area contributed by atoms with E-state index in [-0.39, 0.29) is 0 Å². The van der Waals surface area contributed by atoms with Gasteiger partial charge in [-0.05, 0) is 36.2 Å². The van der Waals surface area contributed by atoms with Crippen LogP contribution in [0.25, 0.3) is 0 Å². The maximum atomic E-state index is 12.6. The van der Waals surface area contributed by atoms with Crippen molar-refractivity contribution >= 4 is 28.9 Å². The summed E-state index contributed by atoms with van der Waals surface area (Å²) < 4.78 is 49.1. The Labute approximate surface area is 188 Å². The molecule has 3 rings (SSSR count). The fourth-order valence-corrected chi connectivity index (χ4v) is 3.33. The van der Waals surface area contributed by atoms with Crippen LogP contribution in [0.2, 0.25) is 10.0 Å². The fraction of sp³-hybridized carbons (Fsp3) is 0.217. The third-order valence-corrected chi connectivity index (χ3v) is 4.89. The molecule has 3 aromatic rings. The molecule has 164 valence electrons. The second kappa shape index (κ2) is 10.6. The Morgan fingerprint density at radius 2 is 1.48 bits per heavy atom. The largest absolute Gasteiger partial charge is 0.490 e. The maximum Gasteiger partial charge on any atom is 0.416 e. The van der Waals surface area contributed by atoms with Gasteiger partial charge in [0.05, 0.1) is 22.2 Å². The lowest BCUT2D eigenvalue weighted by Crippen LogP contribution is -2.08. The summed E-state index contributed by atoms with van der Waals surface area (Å²) in [6.07, 6.45) is -3.74. The molecular weight excluding hydrogens is 450 g/mol. The molecular formula is C23H20Cl2F3NO2. The summed E-state index contributed by atoms with van der Waals surface area (Å²) in [5.74, 6) is 0.903. The normalized spacial score (nSPS) is 11.3. The van der Waals surface area contributed by atoms with Gasteiger partial charge in [0.2, 0.25) is 0 Å². The molecule has 0 aliphatic carbocycles. The highest BCUT2D eigenvalue weighted by Crippen LogP contribution is 2.37. The van der Waals surface area contributed by atoms with E-state index in [2.05, 4.69) is 5.32 Å². The first-order valence-electron chi connectivity index (χ1n) is 9.52. The molecule has 8 heteroatoms. The van der Waals surface area contributed by atoms with Gasteiger partial charge in [-0.2, -0.15) is 13.2 Å². The number of benzene rings is 3. The lowest BCUT2D eigenvalue weighted by Gasteiger charge is -2.13. The molecule has 0 bridgehead atoms. The highest BCUT2D eigenvalue weighted by molar-refractivity contribution is 6.37. The van der Waals surface area contributed by atoms with Gasteiger partial charge in [-0.1, -0.05) is 53.5 Å². The zero-order valence-electron chi connectivity index (χ0n) is 16.4. The van der Waals surface area contributed by atoms with Crippen molar-refractivity contribution in [2.75, 3.05) is 18.5 Å². The molecule has 0 saturated heterocycles. The number of ether oxygens (including phenoxy) is 2. The summed E-state index contributed by atoms with van der Waals surface area (Å²) in [5, 5.41) is 3.73. The predicted molar refractivity (Wildman–Crippen MR) is 117 cm³/mol. The van der Waals surface area contributed by atoms with Crippen molar-refractivity contribution < 1.29 is 22.6 Å². The van der Waals surface area contributed by atoms with E-state index in [9.17, 15) is 13.2 Å². The van der Waals surface area contributed by atoms with Gasteiger partial charge in [0.25, 0.3) is 0 Å². The Kier molecular flexibility index (Phi) is 7.93. The first-order chi connectivity index (χ1) is 14.8. The van der Waals surface area contributed by atoms with Gasteiger partial charge in [-0.15, -0.1) is 0 Å². The summed E-state index contributed by atoms with van der Waals surface area (Å²) in [5.41, 5.74) is 0.946. The molecule has 0 aromatic heterocycles. The van der Waals surface area contributed by atoms with Crippen LogP contribution in [0.5, 0.6) is 11.5 Å². The van der Waals surface area contributed by atoms with Gasteiger partial charge in [0.15, 0.2) is 5.75 Å². The molecule has 0 heterocycles. The number of hydrogen-bond acceptors (Lipinski definition) is 3. The van der Waals surface area contributed by atoms with Crippen LogP contribution in [0.3, 0.4) is 0 Å².